The van der Waals surface area contributed by atoms with E-state index in [9.17, 15) is 4.79 Å². The van der Waals surface area contributed by atoms with Crippen molar-refractivity contribution in [1.82, 2.24) is 9.97 Å². The van der Waals surface area contributed by atoms with Crippen molar-refractivity contribution in [2.75, 3.05) is 25.1 Å². The molecule has 2 heterocycles. The maximum Gasteiger partial charge on any atom is 0.491 e. The normalized spacial score (nSPS) is 17.4. The van der Waals surface area contributed by atoms with E-state index in [0.717, 1.165) is 6.42 Å². The molecule has 0 aromatic carbocycles. The molecule has 0 radical (unpaired) electrons. The minimum absolute atomic E-state index is 0.149. The number of carbonyl (C=O) groups is 1. The van der Waals surface area contributed by atoms with Crippen molar-refractivity contribution in [2.24, 2.45) is 5.41 Å². The van der Waals surface area contributed by atoms with Crippen LogP contribution in [-0.4, -0.2) is 53.3 Å². The van der Waals surface area contributed by atoms with Crippen LogP contribution in [0.5, 0.6) is 0 Å². The molecule has 0 saturated carbocycles. The van der Waals surface area contributed by atoms with E-state index in [1.165, 1.54) is 19.5 Å². The predicted molar refractivity (Wildman–Crippen MR) is 78.0 cm³/mol. The van der Waals surface area contributed by atoms with E-state index in [2.05, 4.69) is 9.97 Å². The summed E-state index contributed by atoms with van der Waals surface area (Å²) in [6, 6.07) is 0. The molecule has 0 unspecified atom stereocenters. The minimum atomic E-state index is -1.56. The third-order valence-electron chi connectivity index (χ3n) is 4.25. The van der Waals surface area contributed by atoms with Crippen molar-refractivity contribution in [3.05, 3.63) is 12.4 Å². The quantitative estimate of drug-likeness (QED) is 0.561. The minimum Gasteiger partial charge on any atom is -0.469 e. The van der Waals surface area contributed by atoms with Crippen molar-refractivity contribution in [2.45, 2.75) is 26.2 Å². The number of rotatable bonds is 4. The lowest BCUT2D eigenvalue weighted by Gasteiger charge is -2.39. The number of nitrogens with zero attached hydrogens (tertiary/aromatic N) is 3. The summed E-state index contributed by atoms with van der Waals surface area (Å²) in [6.07, 6.45) is 4.95. The Balaban J connectivity index is 2.05. The van der Waals surface area contributed by atoms with E-state index < -0.39 is 12.5 Å². The van der Waals surface area contributed by atoms with Gasteiger partial charge in [-0.3, -0.25) is 4.79 Å². The van der Waals surface area contributed by atoms with E-state index >= 15 is 0 Å². The highest BCUT2D eigenvalue weighted by molar-refractivity contribution is 6.58. The molecular formula is C13H20BN3O4. The number of carbonyl (C=O) groups excluding carboxylic acids is 1. The number of piperidine rings is 1. The molecule has 0 amide bonds. The molecule has 2 N–H and O–H groups in total. The van der Waals surface area contributed by atoms with Gasteiger partial charge in [0.05, 0.1) is 12.5 Å². The molecule has 0 aliphatic carbocycles. The second-order valence-electron chi connectivity index (χ2n) is 5.30. The first-order valence-corrected chi connectivity index (χ1v) is 7.04. The van der Waals surface area contributed by atoms with E-state index in [-0.39, 0.29) is 11.4 Å². The van der Waals surface area contributed by atoms with Gasteiger partial charge in [-0.2, -0.15) is 0 Å². The molecule has 0 atom stereocenters. The Kier molecular flexibility index (Phi) is 4.79. The van der Waals surface area contributed by atoms with Gasteiger partial charge < -0.3 is 19.7 Å². The first-order valence-electron chi connectivity index (χ1n) is 7.04. The maximum atomic E-state index is 12.0. The Morgan fingerprint density at radius 3 is 2.38 bits per heavy atom. The van der Waals surface area contributed by atoms with E-state index in [4.69, 9.17) is 14.8 Å². The van der Waals surface area contributed by atoms with E-state index in [1.807, 2.05) is 11.8 Å². The van der Waals surface area contributed by atoms with Crippen molar-refractivity contribution >= 4 is 24.5 Å². The summed E-state index contributed by atoms with van der Waals surface area (Å²) in [5, 5.41) is 18.0. The van der Waals surface area contributed by atoms with Crippen LogP contribution in [0.25, 0.3) is 0 Å². The van der Waals surface area contributed by atoms with Gasteiger partial charge in [0, 0.05) is 30.9 Å². The highest BCUT2D eigenvalue weighted by Crippen LogP contribution is 2.36. The summed E-state index contributed by atoms with van der Waals surface area (Å²) < 4.78 is 4.92. The molecule has 1 aromatic heterocycles. The van der Waals surface area contributed by atoms with Crippen LogP contribution in [0.15, 0.2) is 12.4 Å². The standard InChI is InChI=1S/C13H20BN3O4/c1-3-13(11(18)21-2)4-6-17(7-5-13)12-15-8-10(9-16-12)14(19)20/h8-9,19-20H,3-7H2,1-2H3. The van der Waals surface area contributed by atoms with Gasteiger partial charge in [0.15, 0.2) is 0 Å². The number of ether oxygens (including phenoxy) is 1. The lowest BCUT2D eigenvalue weighted by Crippen LogP contribution is -2.45. The van der Waals surface area contributed by atoms with Gasteiger partial charge in [0.25, 0.3) is 0 Å². The molecule has 2 rings (SSSR count). The van der Waals surface area contributed by atoms with E-state index in [1.54, 1.807) is 0 Å². The molecule has 1 fully saturated rings. The first-order chi connectivity index (χ1) is 10.0. The van der Waals surface area contributed by atoms with Gasteiger partial charge in [-0.05, 0) is 19.3 Å². The molecule has 1 aliphatic heterocycles. The smallest absolute Gasteiger partial charge is 0.469 e. The average Bonchev–Trinajstić information content (AvgIpc) is 2.54. The van der Waals surface area contributed by atoms with Gasteiger partial charge in [-0.25, -0.2) is 9.97 Å². The third kappa shape index (κ3) is 3.16. The van der Waals surface area contributed by atoms with Gasteiger partial charge in [-0.1, -0.05) is 6.92 Å². The molecule has 7 nitrogen and oxygen atoms in total. The van der Waals surface area contributed by atoms with Gasteiger partial charge in [0.2, 0.25) is 5.95 Å². The molecule has 21 heavy (non-hydrogen) atoms. The average molecular weight is 293 g/mol. The zero-order valence-electron chi connectivity index (χ0n) is 12.3. The highest BCUT2D eigenvalue weighted by Gasteiger charge is 2.41. The zero-order valence-corrected chi connectivity index (χ0v) is 12.3. The predicted octanol–water partition coefficient (Wildman–Crippen LogP) is -0.674. The fourth-order valence-corrected chi connectivity index (χ4v) is 2.68. The van der Waals surface area contributed by atoms with Gasteiger partial charge in [0.1, 0.15) is 0 Å². The van der Waals surface area contributed by atoms with Crippen LogP contribution in [0, 0.1) is 5.41 Å². The van der Waals surface area contributed by atoms with Crippen LogP contribution in [0.1, 0.15) is 26.2 Å². The third-order valence-corrected chi connectivity index (χ3v) is 4.25. The molecule has 1 aliphatic rings. The maximum absolute atomic E-state index is 12.0. The Labute approximate surface area is 124 Å². The fraction of sp³-hybridized carbons (Fsp3) is 0.615. The summed E-state index contributed by atoms with van der Waals surface area (Å²) in [5.41, 5.74) is -0.153. The van der Waals surface area contributed by atoms with E-state index in [0.29, 0.717) is 31.9 Å². The van der Waals surface area contributed by atoms with Crippen LogP contribution >= 0.6 is 0 Å². The van der Waals surface area contributed by atoms with Crippen LogP contribution in [0.2, 0.25) is 0 Å². The van der Waals surface area contributed by atoms with Crippen LogP contribution < -0.4 is 10.4 Å². The Bertz CT molecular complexity index is 487. The van der Waals surface area contributed by atoms with Crippen molar-refractivity contribution in [1.29, 1.82) is 0 Å². The molecule has 1 saturated heterocycles. The Hall–Kier alpha value is -1.67. The number of anilines is 1. The van der Waals surface area contributed by atoms with Gasteiger partial charge >= 0.3 is 13.1 Å². The summed E-state index contributed by atoms with van der Waals surface area (Å²) in [5.74, 6) is 0.387. The summed E-state index contributed by atoms with van der Waals surface area (Å²) in [7, 11) is -0.138. The second kappa shape index (κ2) is 6.40. The van der Waals surface area contributed by atoms with Crippen molar-refractivity contribution in [3.8, 4) is 0 Å². The highest BCUT2D eigenvalue weighted by atomic mass is 16.5. The second-order valence-corrected chi connectivity index (χ2v) is 5.30. The number of esters is 1. The Morgan fingerprint density at radius 1 is 1.38 bits per heavy atom. The van der Waals surface area contributed by atoms with Crippen LogP contribution in [0.3, 0.4) is 0 Å². The van der Waals surface area contributed by atoms with Crippen LogP contribution in [0.4, 0.5) is 5.95 Å². The number of methoxy groups -OCH3 is 1. The number of hydrogen-bond donors (Lipinski definition) is 2. The lowest BCUT2D eigenvalue weighted by molar-refractivity contribution is -0.154. The molecule has 1 aromatic rings. The summed E-state index contributed by atoms with van der Waals surface area (Å²) in [4.78, 5) is 22.2. The topological polar surface area (TPSA) is 95.8 Å². The Morgan fingerprint density at radius 2 is 1.95 bits per heavy atom. The molecular weight excluding hydrogens is 273 g/mol. The number of aromatic nitrogens is 2. The molecule has 0 bridgehead atoms. The molecule has 8 heteroatoms. The van der Waals surface area contributed by atoms with Gasteiger partial charge in [-0.15, -0.1) is 0 Å². The monoisotopic (exact) mass is 293 g/mol. The first kappa shape index (κ1) is 15.7. The zero-order chi connectivity index (χ0) is 15.5. The molecule has 114 valence electrons. The summed E-state index contributed by atoms with van der Waals surface area (Å²) in [6.45, 7) is 3.34. The largest absolute Gasteiger partial charge is 0.491 e. The number of hydrogen-bond acceptors (Lipinski definition) is 7. The molecule has 0 spiro atoms. The SMILES string of the molecule is CCC1(C(=O)OC)CCN(c2ncc(B(O)O)cn2)CC1. The van der Waals surface area contributed by atoms with Crippen LogP contribution in [-0.2, 0) is 9.53 Å². The lowest BCUT2D eigenvalue weighted by atomic mass is 9.76. The fourth-order valence-electron chi connectivity index (χ4n) is 2.68. The summed E-state index contributed by atoms with van der Waals surface area (Å²) >= 11 is 0. The van der Waals surface area contributed by atoms with Crippen molar-refractivity contribution in [3.63, 3.8) is 0 Å². The van der Waals surface area contributed by atoms with Crippen molar-refractivity contribution < 1.29 is 19.6 Å².